The molecule has 3 rings (SSSR count). The normalized spacial score (nSPS) is 15.5. The fourth-order valence-electron chi connectivity index (χ4n) is 11.0. The highest BCUT2D eigenvalue weighted by molar-refractivity contribution is 6.19. The second kappa shape index (κ2) is 48.1. The maximum absolute atomic E-state index is 15.4. The molecule has 16 atom stereocenters. The first kappa shape index (κ1) is 97.2. The highest BCUT2D eigenvalue weighted by Gasteiger charge is 2.45. The summed E-state index contributed by atoms with van der Waals surface area (Å²) in [6, 6.07) is -12.4. The van der Waals surface area contributed by atoms with E-state index in [2.05, 4.69) is 47.9 Å². The lowest BCUT2D eigenvalue weighted by molar-refractivity contribution is -0.143. The minimum Gasteiger partial charge on any atom is -0.508 e. The summed E-state index contributed by atoms with van der Waals surface area (Å²) in [5.74, 6) is -25.9. The Hall–Kier alpha value is -11.0. The molecule has 8 unspecified atom stereocenters. The Morgan fingerprint density at radius 2 is 0.640 bits per heavy atom. The lowest BCUT2D eigenvalue weighted by atomic mass is 9.95. The van der Waals surface area contributed by atoms with Crippen molar-refractivity contribution in [2.45, 2.75) is 194 Å². The van der Waals surface area contributed by atoms with Crippen molar-refractivity contribution in [3.05, 3.63) is 102 Å². The molecule has 37 N–H and O–H groups in total. The Kier molecular flexibility index (Phi) is 41.0. The molecule has 0 fully saturated rings. The van der Waals surface area contributed by atoms with E-state index >= 15 is 24.0 Å². The van der Waals surface area contributed by atoms with Gasteiger partial charge in [0.25, 0.3) is 29.5 Å². The lowest BCUT2D eigenvalue weighted by Crippen LogP contribution is -2.66. The number of nitrogens with one attached hydrogen (secondary N) is 12. The van der Waals surface area contributed by atoms with E-state index in [1.54, 1.807) is 36.4 Å². The molecular formula is C71H108N24O19. The van der Waals surface area contributed by atoms with Gasteiger partial charge in [-0.3, -0.25) is 96.9 Å². The number of primary amides is 2. The second-order valence-corrected chi connectivity index (χ2v) is 26.9. The van der Waals surface area contributed by atoms with E-state index in [0.717, 1.165) is 6.92 Å². The number of ketones is 8. The minimum atomic E-state index is -2.79. The molecule has 43 nitrogen and oxygen atoms in total. The summed E-state index contributed by atoms with van der Waals surface area (Å²) < 4.78 is 0. The van der Waals surface area contributed by atoms with E-state index in [9.17, 15) is 67.4 Å². The van der Waals surface area contributed by atoms with E-state index in [1.165, 1.54) is 76.5 Å². The van der Waals surface area contributed by atoms with Gasteiger partial charge in [-0.2, -0.15) is 0 Å². The van der Waals surface area contributed by atoms with Crippen LogP contribution in [0.3, 0.4) is 0 Å². The van der Waals surface area contributed by atoms with Gasteiger partial charge in [-0.15, -0.1) is 0 Å². The molecular weight excluding hydrogens is 1490 g/mol. The Labute approximate surface area is 655 Å². The third kappa shape index (κ3) is 32.2. The molecule has 0 saturated heterocycles. The molecule has 0 aliphatic heterocycles. The third-order valence-electron chi connectivity index (χ3n) is 17.7. The molecule has 0 aliphatic carbocycles. The average Bonchev–Trinajstić information content (AvgIpc) is 0.823. The number of aromatic hydroxyl groups is 1. The van der Waals surface area contributed by atoms with Crippen LogP contribution < -0.4 is 133 Å². The lowest BCUT2D eigenvalue weighted by Gasteiger charge is -2.29. The Morgan fingerprint density at radius 1 is 0.351 bits per heavy atom. The molecule has 43 heteroatoms. The maximum Gasteiger partial charge on any atom is 0.251 e. The van der Waals surface area contributed by atoms with Crippen molar-refractivity contribution in [1.29, 1.82) is 0 Å². The van der Waals surface area contributed by atoms with Crippen molar-refractivity contribution in [3.63, 3.8) is 0 Å². The number of Topliss-reactive ketones (excluding diaryl/α,β-unsaturated/α-hetero) is 8. The van der Waals surface area contributed by atoms with Gasteiger partial charge in [-0.25, -0.2) is 0 Å². The van der Waals surface area contributed by atoms with Crippen LogP contribution in [0.1, 0.15) is 82.4 Å². The fraction of sp³-hybridized carbons (Fsp3) is 0.493. The average molecular weight is 1600 g/mol. The predicted molar refractivity (Wildman–Crippen MR) is 409 cm³/mol. The van der Waals surface area contributed by atoms with Crippen molar-refractivity contribution in [2.75, 3.05) is 27.2 Å². The summed E-state index contributed by atoms with van der Waals surface area (Å²) in [6.45, 7) is 3.65. The molecule has 0 radical (unpaired) electrons. The number of hydrogen-bond donors (Lipinski definition) is 25. The number of phenols is 1. The number of amides is 10. The van der Waals surface area contributed by atoms with Crippen LogP contribution in [-0.2, 0) is 106 Å². The highest BCUT2D eigenvalue weighted by atomic mass is 16.3. The summed E-state index contributed by atoms with van der Waals surface area (Å²) in [6.07, 6.45) is -6.73. The minimum absolute atomic E-state index is 0.0234. The van der Waals surface area contributed by atoms with Gasteiger partial charge in [-0.1, -0.05) is 72.8 Å². The van der Waals surface area contributed by atoms with E-state index < -0.39 is 247 Å². The largest absolute Gasteiger partial charge is 0.508 e. The molecule has 114 heavy (non-hydrogen) atoms. The number of phenolic OH excluding ortho intramolecular Hbond substituents is 1. The smallest absolute Gasteiger partial charge is 0.251 e. The summed E-state index contributed by atoms with van der Waals surface area (Å²) >= 11 is 0. The standard InChI is InChI=1S/C71H108N24O19/c1-32(84-4)47(98)30-45(63(108)92-52(57(102)40(73)19-13-25-87-71(82)83)68(113)91-50(62(79)107)56(101)39(72)18-12-24-86-70(80)81)89-65(110)53(59(104)43(76)28-37-20-22-38(97)23-21-37)95-69(114)55(60(105)42(75)27-36-16-10-7-11-17-36)93-64(109)46(31-48(99)33(2)85-5)90-66(111)54(61(106)44(77)29-49(78)100)94-67(112)51(88-34(3)96)58(103)41(74)26-35-14-8-6-9-15-35/h6-11,14-17,20-23,32-33,39-46,50-55,70-71,84-87,97H,12-13,18-19,24-31,72-77,80-83H2,1-5H3,(H2,78,100)(H2,79,107)(H,88,96)(H,89,110)(H,90,111)(H,91,113)(H,92,108)(H,93,109)(H,94,112)(H,95,114)/t32-,33-,39-,40-,41-,42-,43-,44-,45?,46?,50?,51?,52?,53?,54?,55?/m0/s1. The first-order valence-electron chi connectivity index (χ1n) is 36.0. The van der Waals surface area contributed by atoms with E-state index in [4.69, 9.17) is 68.8 Å². The van der Waals surface area contributed by atoms with Gasteiger partial charge in [0.05, 0.1) is 48.3 Å². The summed E-state index contributed by atoms with van der Waals surface area (Å²) in [5.41, 5.74) is 71.8. The zero-order valence-corrected chi connectivity index (χ0v) is 63.7. The van der Waals surface area contributed by atoms with Crippen LogP contribution in [0.5, 0.6) is 5.75 Å². The number of nitrogens with two attached hydrogens (primary N) is 12. The van der Waals surface area contributed by atoms with E-state index in [-0.39, 0.29) is 56.5 Å². The number of likely N-dealkylation sites (N-methyl/N-ethyl adjacent to an activating group) is 2. The monoisotopic (exact) mass is 1600 g/mol. The van der Waals surface area contributed by atoms with Crippen LogP contribution in [0.2, 0.25) is 0 Å². The summed E-state index contributed by atoms with van der Waals surface area (Å²) in [7, 11) is 2.62. The quantitative estimate of drug-likeness (QED) is 0.0142. The van der Waals surface area contributed by atoms with Gasteiger partial charge in [0.2, 0.25) is 29.5 Å². The van der Waals surface area contributed by atoms with Crippen LogP contribution in [-0.4, -0.2) is 247 Å². The Bertz CT molecular complexity index is 3880. The first-order chi connectivity index (χ1) is 53.5. The van der Waals surface area contributed by atoms with Gasteiger partial charge in [0.15, 0.2) is 82.5 Å². The Balaban J connectivity index is 2.37. The van der Waals surface area contributed by atoms with E-state index in [1.807, 2.05) is 16.0 Å². The van der Waals surface area contributed by atoms with Crippen molar-refractivity contribution in [1.82, 2.24) is 63.8 Å². The molecule has 0 heterocycles. The maximum atomic E-state index is 15.4. The molecule has 10 amide bonds. The van der Waals surface area contributed by atoms with Crippen molar-refractivity contribution in [2.24, 2.45) is 68.8 Å². The molecule has 3 aromatic rings. The number of rotatable bonds is 54. The molecule has 0 spiro atoms. The Morgan fingerprint density at radius 3 is 0.956 bits per heavy atom. The van der Waals surface area contributed by atoms with Gasteiger partial charge in [0, 0.05) is 26.2 Å². The van der Waals surface area contributed by atoms with Crippen molar-refractivity contribution < 1.29 is 91.4 Å². The van der Waals surface area contributed by atoms with Crippen molar-refractivity contribution >= 4 is 105 Å². The number of hydrogen-bond acceptors (Lipinski definition) is 33. The number of benzene rings is 3. The first-order valence-corrected chi connectivity index (χ1v) is 36.0. The van der Waals surface area contributed by atoms with Crippen molar-refractivity contribution in [3.8, 4) is 5.75 Å². The SMILES string of the molecule is CN[C@@H](C)C(=O)CC(NC(=O)C(NC(=O)C(NC(C)=O)C(=O)[C@@H](N)Cc1ccccc1)C(=O)[C@@H](N)CC(N)=O)C(=O)NC(C(=O)NC(C(=O)NC(CC(=O)[C@H](C)NC)C(=O)NC(C(=O)NC(C(N)=O)C(=O)[C@@H](N)CCCNC(N)N)C(=O)[C@@H](N)CCCNC(N)N)C(=O)[C@@H](N)Cc1ccc(O)cc1)C(=O)[C@@H](N)Cc1ccccc1. The summed E-state index contributed by atoms with van der Waals surface area (Å²) in [4.78, 5) is 256. The molecule has 3 aromatic carbocycles. The zero-order valence-electron chi connectivity index (χ0n) is 63.7. The third-order valence-corrected chi connectivity index (χ3v) is 17.7. The van der Waals surface area contributed by atoms with Crippen LogP contribution in [0.15, 0.2) is 84.9 Å². The zero-order chi connectivity index (χ0) is 86.0. The number of carbonyl (C=O) groups excluding carboxylic acids is 18. The molecule has 626 valence electrons. The molecule has 0 bridgehead atoms. The van der Waals surface area contributed by atoms with E-state index in [0.29, 0.717) is 11.1 Å². The van der Waals surface area contributed by atoms with Crippen LogP contribution in [0, 0.1) is 0 Å². The summed E-state index contributed by atoms with van der Waals surface area (Å²) in [5, 5.41) is 37.2. The van der Waals surface area contributed by atoms with Crippen LogP contribution in [0.4, 0.5) is 0 Å². The van der Waals surface area contributed by atoms with Crippen LogP contribution in [0.25, 0.3) is 0 Å². The topological polar surface area (TPSA) is 784 Å². The molecule has 0 aromatic heterocycles. The fourth-order valence-corrected chi connectivity index (χ4v) is 11.0. The van der Waals surface area contributed by atoms with Gasteiger partial charge < -0.3 is 127 Å². The van der Waals surface area contributed by atoms with Crippen LogP contribution >= 0.6 is 0 Å². The van der Waals surface area contributed by atoms with Gasteiger partial charge in [0.1, 0.15) is 30.4 Å². The predicted octanol–water partition coefficient (Wildman–Crippen LogP) is -12.7. The molecule has 0 saturated carbocycles. The number of carbonyl (C=O) groups is 18. The second-order valence-electron chi connectivity index (χ2n) is 26.9. The molecule has 0 aliphatic rings. The van der Waals surface area contributed by atoms with Gasteiger partial charge >= 0.3 is 0 Å². The van der Waals surface area contributed by atoms with Gasteiger partial charge in [-0.05, 0) is 115 Å². The highest BCUT2D eigenvalue weighted by Crippen LogP contribution is 2.15.